The second kappa shape index (κ2) is 19.7. The first kappa shape index (κ1) is 35.0. The van der Waals surface area contributed by atoms with Gasteiger partial charge >= 0.3 is 5.97 Å². The summed E-state index contributed by atoms with van der Waals surface area (Å²) >= 11 is 0. The highest BCUT2D eigenvalue weighted by Crippen LogP contribution is 2.24. The van der Waals surface area contributed by atoms with Crippen molar-refractivity contribution in [2.24, 2.45) is 11.8 Å². The topological polar surface area (TPSA) is 95.9 Å². The van der Waals surface area contributed by atoms with Crippen LogP contribution in [-0.4, -0.2) is 47.5 Å². The van der Waals surface area contributed by atoms with E-state index in [0.29, 0.717) is 25.8 Å². The summed E-state index contributed by atoms with van der Waals surface area (Å²) in [7, 11) is 0. The average Bonchev–Trinajstić information content (AvgIpc) is 3.07. The number of hydrogen-bond donors (Lipinski definition) is 2. The molecular formula is C38H46N2O5. The van der Waals surface area contributed by atoms with E-state index in [4.69, 9.17) is 4.74 Å². The molecule has 0 saturated heterocycles. The molecule has 2 amide bonds. The molecule has 3 rings (SSSR count). The van der Waals surface area contributed by atoms with E-state index in [2.05, 4.69) is 18.5 Å². The predicted octanol–water partition coefficient (Wildman–Crippen LogP) is 6.21. The molecular weight excluding hydrogens is 564 g/mol. The lowest BCUT2D eigenvalue weighted by molar-refractivity contribution is -0.155. The first-order valence-electron chi connectivity index (χ1n) is 15.7. The molecule has 0 aliphatic heterocycles. The zero-order chi connectivity index (χ0) is 32.3. The number of allylic oxidation sites excluding steroid dienone is 2. The highest BCUT2D eigenvalue weighted by Gasteiger charge is 2.28. The van der Waals surface area contributed by atoms with Crippen molar-refractivity contribution in [3.63, 3.8) is 0 Å². The lowest BCUT2D eigenvalue weighted by Gasteiger charge is -2.26. The fourth-order valence-electron chi connectivity index (χ4n) is 5.22. The first-order valence-corrected chi connectivity index (χ1v) is 15.7. The van der Waals surface area contributed by atoms with Crippen molar-refractivity contribution in [3.8, 4) is 0 Å². The molecule has 0 fully saturated rings. The number of nitrogens with zero attached hydrogens (tertiary/aromatic N) is 1. The summed E-state index contributed by atoms with van der Waals surface area (Å²) in [5.74, 6) is -1.88. The van der Waals surface area contributed by atoms with Crippen LogP contribution < -0.4 is 5.32 Å². The number of nitrogens with one attached hydrogen (secondary N) is 1. The number of benzene rings is 3. The summed E-state index contributed by atoms with van der Waals surface area (Å²) in [4.78, 5) is 41.9. The van der Waals surface area contributed by atoms with Gasteiger partial charge in [0.1, 0.15) is 6.10 Å². The summed E-state index contributed by atoms with van der Waals surface area (Å²) in [6.07, 6.45) is 5.87. The van der Waals surface area contributed by atoms with Gasteiger partial charge < -0.3 is 20.1 Å². The molecule has 0 bridgehead atoms. The van der Waals surface area contributed by atoms with Crippen LogP contribution in [-0.2, 0) is 32.1 Å². The zero-order valence-corrected chi connectivity index (χ0v) is 26.1. The van der Waals surface area contributed by atoms with Crippen LogP contribution in [0, 0.1) is 11.8 Å². The maximum Gasteiger partial charge on any atom is 0.309 e. The lowest BCUT2D eigenvalue weighted by Crippen LogP contribution is -2.39. The van der Waals surface area contributed by atoms with Crippen molar-refractivity contribution < 1.29 is 24.2 Å². The average molecular weight is 611 g/mol. The van der Waals surface area contributed by atoms with Gasteiger partial charge in [-0.2, -0.15) is 0 Å². The first-order chi connectivity index (χ1) is 21.9. The van der Waals surface area contributed by atoms with Gasteiger partial charge in [0.2, 0.25) is 11.8 Å². The van der Waals surface area contributed by atoms with Gasteiger partial charge in [-0.3, -0.25) is 14.4 Å². The Hall–Kier alpha value is -4.49. The van der Waals surface area contributed by atoms with E-state index >= 15 is 0 Å². The number of esters is 1. The van der Waals surface area contributed by atoms with Gasteiger partial charge in [-0.25, -0.2) is 0 Å². The summed E-state index contributed by atoms with van der Waals surface area (Å²) < 4.78 is 6.11. The van der Waals surface area contributed by atoms with Gasteiger partial charge in [-0.15, -0.1) is 13.2 Å². The highest BCUT2D eigenvalue weighted by molar-refractivity contribution is 5.86. The van der Waals surface area contributed by atoms with E-state index in [1.54, 1.807) is 11.0 Å². The molecule has 7 heteroatoms. The molecule has 238 valence electrons. The fraction of sp³-hybridized carbons (Fsp3) is 0.342. The van der Waals surface area contributed by atoms with Crippen molar-refractivity contribution in [3.05, 3.63) is 133 Å². The Labute approximate surface area is 267 Å². The Bertz CT molecular complexity index is 1330. The molecule has 0 aliphatic carbocycles. The second-order valence-electron chi connectivity index (χ2n) is 11.1. The molecule has 3 aromatic rings. The molecule has 3 atom stereocenters. The van der Waals surface area contributed by atoms with Crippen LogP contribution in [0.15, 0.2) is 116 Å². The summed E-state index contributed by atoms with van der Waals surface area (Å²) in [5, 5.41) is 12.5. The molecule has 0 spiro atoms. The molecule has 3 aromatic carbocycles. The number of rotatable bonds is 20. The van der Waals surface area contributed by atoms with Gasteiger partial charge in [0, 0.05) is 19.5 Å². The number of carbonyl (C=O) groups is 3. The summed E-state index contributed by atoms with van der Waals surface area (Å²) in [6.45, 7) is 7.97. The minimum Gasteiger partial charge on any atom is -0.455 e. The monoisotopic (exact) mass is 610 g/mol. The van der Waals surface area contributed by atoms with E-state index in [9.17, 15) is 19.5 Å². The number of hydrogen-bond acceptors (Lipinski definition) is 5. The van der Waals surface area contributed by atoms with Crippen molar-refractivity contribution in [1.82, 2.24) is 10.2 Å². The normalized spacial score (nSPS) is 12.7. The van der Waals surface area contributed by atoms with Gasteiger partial charge in [0.25, 0.3) is 0 Å². The smallest absolute Gasteiger partial charge is 0.309 e. The van der Waals surface area contributed by atoms with Crippen LogP contribution in [0.5, 0.6) is 0 Å². The lowest BCUT2D eigenvalue weighted by atomic mass is 9.94. The quantitative estimate of drug-likeness (QED) is 0.0902. The third kappa shape index (κ3) is 12.2. The number of amides is 2. The second-order valence-corrected chi connectivity index (χ2v) is 11.1. The third-order valence-corrected chi connectivity index (χ3v) is 7.69. The van der Waals surface area contributed by atoms with Crippen LogP contribution in [0.3, 0.4) is 0 Å². The Morgan fingerprint density at radius 3 is 2.07 bits per heavy atom. The largest absolute Gasteiger partial charge is 0.455 e. The standard InChI is InChI=1S/C38H46N2O5/c1-3-5-9-23-34(26-30-17-10-6-11-18-30)38(44)45-35(32-21-14-8-15-22-32)28-39-37(43)33(16-4-2)27-36(42)40(24-25-41)29-31-19-12-7-13-20-31/h3-4,6-8,10-15,17-22,33-35,41H,1-2,5,9,16,23-29H2,(H,39,43)/t33-,34-,35+/m1/s1. The molecule has 0 heterocycles. The molecule has 45 heavy (non-hydrogen) atoms. The molecule has 0 radical (unpaired) electrons. The molecule has 0 saturated carbocycles. The van der Waals surface area contributed by atoms with Crippen LogP contribution >= 0.6 is 0 Å². The van der Waals surface area contributed by atoms with Gasteiger partial charge in [0.05, 0.1) is 25.0 Å². The number of unbranched alkanes of at least 4 members (excludes halogenated alkanes) is 1. The van der Waals surface area contributed by atoms with Crippen LogP contribution in [0.2, 0.25) is 0 Å². The van der Waals surface area contributed by atoms with E-state index < -0.39 is 12.0 Å². The number of aliphatic hydroxyl groups is 1. The van der Waals surface area contributed by atoms with Crippen LogP contribution in [0.25, 0.3) is 0 Å². The molecule has 7 nitrogen and oxygen atoms in total. The maximum absolute atomic E-state index is 13.6. The maximum atomic E-state index is 13.6. The number of aliphatic hydroxyl groups excluding tert-OH is 1. The highest BCUT2D eigenvalue weighted by atomic mass is 16.5. The molecule has 2 N–H and O–H groups in total. The van der Waals surface area contributed by atoms with Crippen molar-refractivity contribution in [2.45, 2.75) is 51.2 Å². The Kier molecular flexibility index (Phi) is 15.3. The zero-order valence-electron chi connectivity index (χ0n) is 26.1. The number of ether oxygens (including phenoxy) is 1. The fourth-order valence-corrected chi connectivity index (χ4v) is 5.22. The minimum absolute atomic E-state index is 0.0388. The third-order valence-electron chi connectivity index (χ3n) is 7.69. The van der Waals surface area contributed by atoms with Gasteiger partial charge in [0.15, 0.2) is 0 Å². The van der Waals surface area contributed by atoms with Gasteiger partial charge in [-0.1, -0.05) is 103 Å². The van der Waals surface area contributed by atoms with Crippen LogP contribution in [0.4, 0.5) is 0 Å². The Morgan fingerprint density at radius 2 is 1.47 bits per heavy atom. The number of carbonyl (C=O) groups excluding carboxylic acids is 3. The van der Waals surface area contributed by atoms with Crippen molar-refractivity contribution in [1.29, 1.82) is 0 Å². The van der Waals surface area contributed by atoms with E-state index in [1.807, 2.05) is 97.1 Å². The van der Waals surface area contributed by atoms with Crippen molar-refractivity contribution >= 4 is 17.8 Å². The van der Waals surface area contributed by atoms with E-state index in [1.165, 1.54) is 0 Å². The predicted molar refractivity (Wildman–Crippen MR) is 178 cm³/mol. The molecule has 0 aromatic heterocycles. The Balaban J connectivity index is 1.70. The van der Waals surface area contributed by atoms with Gasteiger partial charge in [-0.05, 0) is 48.8 Å². The SMILES string of the molecule is C=CCCC[C@H](Cc1ccccc1)C(=O)O[C@@H](CNC(=O)[C@H](CC=C)CC(=O)N(CCO)Cc1ccccc1)c1ccccc1. The van der Waals surface area contributed by atoms with E-state index in [-0.39, 0.29) is 49.8 Å². The summed E-state index contributed by atoms with van der Waals surface area (Å²) in [5.41, 5.74) is 2.76. The summed E-state index contributed by atoms with van der Waals surface area (Å²) in [6, 6.07) is 28.8. The van der Waals surface area contributed by atoms with Crippen molar-refractivity contribution in [2.75, 3.05) is 19.7 Å². The Morgan fingerprint density at radius 1 is 0.844 bits per heavy atom. The molecule has 0 aliphatic rings. The minimum atomic E-state index is -0.704. The van der Waals surface area contributed by atoms with Crippen LogP contribution in [0.1, 0.15) is 54.9 Å². The molecule has 0 unspecified atom stereocenters. The van der Waals surface area contributed by atoms with E-state index in [0.717, 1.165) is 29.5 Å².